The van der Waals surface area contributed by atoms with Gasteiger partial charge in [0.2, 0.25) is 11.9 Å². The zero-order chi connectivity index (χ0) is 23.2. The molecule has 1 aliphatic heterocycles. The van der Waals surface area contributed by atoms with Gasteiger partial charge in [0.1, 0.15) is 5.75 Å². The number of amides is 1. The van der Waals surface area contributed by atoms with Crippen LogP contribution in [0.3, 0.4) is 0 Å². The molecule has 2 heterocycles. The van der Waals surface area contributed by atoms with Crippen LogP contribution in [-0.2, 0) is 11.2 Å². The van der Waals surface area contributed by atoms with Gasteiger partial charge in [-0.2, -0.15) is 0 Å². The highest BCUT2D eigenvalue weighted by molar-refractivity contribution is 7.99. The number of nitrogens with one attached hydrogen (secondary N) is 1. The smallest absolute Gasteiger partial charge is 0.234 e. The minimum atomic E-state index is -0.0573. The lowest BCUT2D eigenvalue weighted by Crippen LogP contribution is -2.31. The molecule has 0 spiro atoms. The van der Waals surface area contributed by atoms with Gasteiger partial charge in [0.25, 0.3) is 0 Å². The van der Waals surface area contributed by atoms with Crippen LogP contribution >= 0.6 is 11.8 Å². The maximum atomic E-state index is 12.9. The molecule has 1 fully saturated rings. The van der Waals surface area contributed by atoms with Gasteiger partial charge < -0.3 is 15.0 Å². The number of aryl methyl sites for hydroxylation is 2. The first kappa shape index (κ1) is 23.2. The Balaban J connectivity index is 1.59. The molecule has 2 aromatic carbocycles. The summed E-state index contributed by atoms with van der Waals surface area (Å²) in [7, 11) is 1.66. The second-order valence-electron chi connectivity index (χ2n) is 8.14. The van der Waals surface area contributed by atoms with Crippen molar-refractivity contribution in [1.82, 2.24) is 14.8 Å². The zero-order valence-corrected chi connectivity index (χ0v) is 20.3. The van der Waals surface area contributed by atoms with Crippen molar-refractivity contribution in [2.24, 2.45) is 0 Å². The molecule has 33 heavy (non-hydrogen) atoms. The average Bonchev–Trinajstić information content (AvgIpc) is 3.28. The van der Waals surface area contributed by atoms with E-state index in [9.17, 15) is 4.79 Å². The predicted octanol–water partition coefficient (Wildman–Crippen LogP) is 4.87. The van der Waals surface area contributed by atoms with Gasteiger partial charge in [-0.25, -0.2) is 0 Å². The summed E-state index contributed by atoms with van der Waals surface area (Å²) in [6, 6.07) is 14.0. The Hall–Kier alpha value is -3.00. The lowest BCUT2D eigenvalue weighted by molar-refractivity contribution is -0.113. The summed E-state index contributed by atoms with van der Waals surface area (Å²) in [6.45, 7) is 6.01. The van der Waals surface area contributed by atoms with Crippen molar-refractivity contribution in [2.75, 3.05) is 36.2 Å². The Morgan fingerprint density at radius 3 is 2.64 bits per heavy atom. The van der Waals surface area contributed by atoms with Gasteiger partial charge in [-0.3, -0.25) is 9.36 Å². The molecule has 4 rings (SSSR count). The number of hydrogen-bond acceptors (Lipinski definition) is 6. The van der Waals surface area contributed by atoms with Crippen LogP contribution in [0.15, 0.2) is 47.6 Å². The Kier molecular flexibility index (Phi) is 7.54. The fourth-order valence-electron chi connectivity index (χ4n) is 4.19. The molecular formula is C25H31N5O2S. The molecule has 3 aromatic rings. The van der Waals surface area contributed by atoms with Crippen LogP contribution in [0.25, 0.3) is 5.69 Å². The highest BCUT2D eigenvalue weighted by atomic mass is 32.2. The molecule has 0 unspecified atom stereocenters. The van der Waals surface area contributed by atoms with Crippen molar-refractivity contribution < 1.29 is 9.53 Å². The quantitative estimate of drug-likeness (QED) is 0.479. The van der Waals surface area contributed by atoms with Crippen LogP contribution < -0.4 is 15.0 Å². The second-order valence-corrected chi connectivity index (χ2v) is 9.08. The van der Waals surface area contributed by atoms with Crippen molar-refractivity contribution in [3.63, 3.8) is 0 Å². The van der Waals surface area contributed by atoms with E-state index >= 15 is 0 Å². The van der Waals surface area contributed by atoms with Gasteiger partial charge in [0.15, 0.2) is 5.16 Å². The van der Waals surface area contributed by atoms with Crippen molar-refractivity contribution >= 4 is 29.3 Å². The molecule has 0 aliphatic carbocycles. The molecule has 0 radical (unpaired) electrons. The standard InChI is InChI=1S/C25H31N5O2S/c1-4-19-12-10-11-18(2)23(19)26-22(31)17-33-25-28-27-24(29-15-8-5-9-16-29)30(25)20-13-6-7-14-21(20)32-3/h6-7,10-14H,4-5,8-9,15-17H2,1-3H3,(H,26,31). The molecular weight excluding hydrogens is 434 g/mol. The SMILES string of the molecule is CCc1cccc(C)c1NC(=O)CSc1nnc(N2CCCCC2)n1-c1ccccc1OC. The number of methoxy groups -OCH3 is 1. The molecule has 1 amide bonds. The molecule has 0 saturated carbocycles. The number of thioether (sulfide) groups is 1. The minimum Gasteiger partial charge on any atom is -0.495 e. The van der Waals surface area contributed by atoms with Gasteiger partial charge in [-0.15, -0.1) is 10.2 Å². The van der Waals surface area contributed by atoms with E-state index in [2.05, 4.69) is 33.4 Å². The second kappa shape index (κ2) is 10.7. The van der Waals surface area contributed by atoms with Crippen LogP contribution in [-0.4, -0.2) is 46.6 Å². The summed E-state index contributed by atoms with van der Waals surface area (Å²) in [5, 5.41) is 12.8. The fraction of sp³-hybridized carbons (Fsp3) is 0.400. The first-order valence-electron chi connectivity index (χ1n) is 11.5. The van der Waals surface area contributed by atoms with Crippen LogP contribution in [0.2, 0.25) is 0 Å². The number of para-hydroxylation sites is 3. The number of nitrogens with zero attached hydrogens (tertiary/aromatic N) is 4. The van der Waals surface area contributed by atoms with Crippen molar-refractivity contribution in [3.8, 4) is 11.4 Å². The number of piperidine rings is 1. The summed E-state index contributed by atoms with van der Waals surface area (Å²) in [6.07, 6.45) is 4.38. The molecule has 0 atom stereocenters. The normalized spacial score (nSPS) is 13.7. The first-order chi connectivity index (χ1) is 16.1. The molecule has 174 valence electrons. The fourth-order valence-corrected chi connectivity index (χ4v) is 4.93. The third-order valence-corrected chi connectivity index (χ3v) is 6.85. The Morgan fingerprint density at radius 1 is 1.09 bits per heavy atom. The summed E-state index contributed by atoms with van der Waals surface area (Å²) < 4.78 is 7.65. The number of benzene rings is 2. The summed E-state index contributed by atoms with van der Waals surface area (Å²) in [5.74, 6) is 1.73. The van der Waals surface area contributed by atoms with Gasteiger partial charge in [0, 0.05) is 18.8 Å². The molecule has 1 aliphatic rings. The van der Waals surface area contributed by atoms with Crippen LogP contribution in [0.5, 0.6) is 5.75 Å². The van der Waals surface area contributed by atoms with Gasteiger partial charge >= 0.3 is 0 Å². The number of rotatable bonds is 8. The van der Waals surface area contributed by atoms with E-state index in [-0.39, 0.29) is 11.7 Å². The third-order valence-electron chi connectivity index (χ3n) is 5.92. The maximum Gasteiger partial charge on any atom is 0.234 e. The Bertz CT molecular complexity index is 1110. The minimum absolute atomic E-state index is 0.0573. The van der Waals surface area contributed by atoms with E-state index < -0.39 is 0 Å². The van der Waals surface area contributed by atoms with Crippen LogP contribution in [0, 0.1) is 6.92 Å². The molecule has 1 N–H and O–H groups in total. The van der Waals surface area contributed by atoms with Gasteiger partial charge in [-0.05, 0) is 55.9 Å². The molecule has 8 heteroatoms. The van der Waals surface area contributed by atoms with Crippen LogP contribution in [0.1, 0.15) is 37.3 Å². The monoisotopic (exact) mass is 465 g/mol. The Labute approximate surface area is 199 Å². The van der Waals surface area contributed by atoms with E-state index in [1.807, 2.05) is 47.9 Å². The van der Waals surface area contributed by atoms with Crippen molar-refractivity contribution in [2.45, 2.75) is 44.7 Å². The summed E-state index contributed by atoms with van der Waals surface area (Å²) in [5.41, 5.74) is 3.99. The Morgan fingerprint density at radius 2 is 1.88 bits per heavy atom. The molecule has 1 saturated heterocycles. The molecule has 7 nitrogen and oxygen atoms in total. The van der Waals surface area contributed by atoms with E-state index in [1.54, 1.807) is 7.11 Å². The molecule has 0 bridgehead atoms. The topological polar surface area (TPSA) is 72.3 Å². The lowest BCUT2D eigenvalue weighted by Gasteiger charge is -2.28. The molecule has 1 aromatic heterocycles. The number of hydrogen-bond donors (Lipinski definition) is 1. The maximum absolute atomic E-state index is 12.9. The van der Waals surface area contributed by atoms with E-state index in [1.165, 1.54) is 18.2 Å². The van der Waals surface area contributed by atoms with E-state index in [0.717, 1.165) is 66.6 Å². The number of ether oxygens (including phenoxy) is 1. The van der Waals surface area contributed by atoms with Crippen molar-refractivity contribution in [3.05, 3.63) is 53.6 Å². The van der Waals surface area contributed by atoms with E-state index in [0.29, 0.717) is 5.16 Å². The highest BCUT2D eigenvalue weighted by Crippen LogP contribution is 2.33. The largest absolute Gasteiger partial charge is 0.495 e. The number of anilines is 2. The highest BCUT2D eigenvalue weighted by Gasteiger charge is 2.24. The lowest BCUT2D eigenvalue weighted by atomic mass is 10.1. The van der Waals surface area contributed by atoms with Gasteiger partial charge in [-0.1, -0.05) is 49.0 Å². The number of aromatic nitrogens is 3. The van der Waals surface area contributed by atoms with Gasteiger partial charge in [0.05, 0.1) is 18.6 Å². The third kappa shape index (κ3) is 5.16. The van der Waals surface area contributed by atoms with Crippen molar-refractivity contribution in [1.29, 1.82) is 0 Å². The van der Waals surface area contributed by atoms with Crippen LogP contribution in [0.4, 0.5) is 11.6 Å². The predicted molar refractivity (Wildman–Crippen MR) is 134 cm³/mol. The first-order valence-corrected chi connectivity index (χ1v) is 12.5. The number of carbonyl (C=O) groups is 1. The van der Waals surface area contributed by atoms with E-state index in [4.69, 9.17) is 4.74 Å². The number of carbonyl (C=O) groups excluding carboxylic acids is 1. The summed E-state index contributed by atoms with van der Waals surface area (Å²) >= 11 is 1.39. The summed E-state index contributed by atoms with van der Waals surface area (Å²) in [4.78, 5) is 15.1. The average molecular weight is 466 g/mol. The zero-order valence-electron chi connectivity index (χ0n) is 19.5.